The molecule has 0 unspecified atom stereocenters. The number of ketones is 1. The van der Waals surface area contributed by atoms with Crippen LogP contribution in [0.15, 0.2) is 65.1 Å². The van der Waals surface area contributed by atoms with E-state index in [0.717, 1.165) is 5.75 Å². The second-order valence-electron chi connectivity index (χ2n) is 6.23. The highest BCUT2D eigenvalue weighted by Gasteiger charge is 2.12. The number of nitrogens with one attached hydrogen (secondary N) is 1. The van der Waals surface area contributed by atoms with E-state index >= 15 is 0 Å². The largest absolute Gasteiger partial charge is 0.466 e. The summed E-state index contributed by atoms with van der Waals surface area (Å²) in [5.74, 6) is 2.52. The minimum atomic E-state index is -0.120. The lowest BCUT2D eigenvalue weighted by molar-refractivity contribution is -0.116. The number of anilines is 1. The molecule has 1 aromatic heterocycles. The van der Waals surface area contributed by atoms with Gasteiger partial charge in [-0.05, 0) is 56.3 Å². The fourth-order valence-corrected chi connectivity index (χ4v) is 2.71. The number of aryl methyl sites for hydroxylation is 2. The Labute approximate surface area is 158 Å². The van der Waals surface area contributed by atoms with Gasteiger partial charge in [0, 0.05) is 18.5 Å². The van der Waals surface area contributed by atoms with Crippen molar-refractivity contribution in [3.63, 3.8) is 0 Å². The van der Waals surface area contributed by atoms with Crippen LogP contribution in [0.25, 0.3) is 0 Å². The van der Waals surface area contributed by atoms with Crippen molar-refractivity contribution in [3.8, 4) is 11.5 Å². The summed E-state index contributed by atoms with van der Waals surface area (Å²) in [7, 11) is 0. The first kappa shape index (κ1) is 18.5. The molecule has 27 heavy (non-hydrogen) atoms. The van der Waals surface area contributed by atoms with Gasteiger partial charge in [0.05, 0.1) is 5.56 Å². The number of carbonyl (C=O) groups excluding carboxylic acids is 2. The van der Waals surface area contributed by atoms with Crippen molar-refractivity contribution >= 4 is 17.4 Å². The van der Waals surface area contributed by atoms with E-state index in [1.807, 2.05) is 30.3 Å². The van der Waals surface area contributed by atoms with Crippen LogP contribution in [-0.4, -0.2) is 11.7 Å². The molecular weight excluding hydrogens is 342 g/mol. The molecule has 3 aromatic rings. The van der Waals surface area contributed by atoms with Crippen LogP contribution in [-0.2, 0) is 11.2 Å². The molecule has 2 aromatic carbocycles. The van der Waals surface area contributed by atoms with Gasteiger partial charge >= 0.3 is 0 Å². The number of carbonyl (C=O) groups is 2. The summed E-state index contributed by atoms with van der Waals surface area (Å²) in [5, 5.41) is 2.84. The molecule has 0 aliphatic rings. The van der Waals surface area contributed by atoms with Gasteiger partial charge in [0.15, 0.2) is 5.78 Å². The first-order valence-electron chi connectivity index (χ1n) is 8.74. The standard InChI is InChI=1S/C22H21NO4/c1-15(24)21-14-20(26-16(21)2)12-13-22(25)23-17-8-10-19(11-9-17)27-18-6-4-3-5-7-18/h3-11,14H,12-13H2,1-2H3,(H,23,25). The van der Waals surface area contributed by atoms with Gasteiger partial charge in [-0.15, -0.1) is 0 Å². The smallest absolute Gasteiger partial charge is 0.224 e. The molecule has 0 aliphatic heterocycles. The number of para-hydroxylation sites is 1. The Morgan fingerprint density at radius 3 is 2.30 bits per heavy atom. The Morgan fingerprint density at radius 1 is 1.00 bits per heavy atom. The number of benzene rings is 2. The Kier molecular flexibility index (Phi) is 5.71. The van der Waals surface area contributed by atoms with Crippen LogP contribution in [0.1, 0.15) is 35.2 Å². The minimum absolute atomic E-state index is 0.0373. The zero-order chi connectivity index (χ0) is 19.2. The van der Waals surface area contributed by atoms with Gasteiger partial charge in [-0.2, -0.15) is 0 Å². The Hall–Kier alpha value is -3.34. The molecule has 0 spiro atoms. The van der Waals surface area contributed by atoms with Gasteiger partial charge in [-0.1, -0.05) is 18.2 Å². The van der Waals surface area contributed by atoms with Crippen molar-refractivity contribution in [3.05, 3.63) is 77.7 Å². The average Bonchev–Trinajstić information content (AvgIpc) is 3.04. The topological polar surface area (TPSA) is 68.5 Å². The average molecular weight is 363 g/mol. The van der Waals surface area contributed by atoms with Crippen molar-refractivity contribution < 1.29 is 18.7 Å². The summed E-state index contributed by atoms with van der Waals surface area (Å²) in [4.78, 5) is 23.6. The first-order chi connectivity index (χ1) is 13.0. The zero-order valence-corrected chi connectivity index (χ0v) is 15.3. The van der Waals surface area contributed by atoms with Crippen LogP contribution >= 0.6 is 0 Å². The molecule has 0 aliphatic carbocycles. The lowest BCUT2D eigenvalue weighted by Gasteiger charge is -2.08. The highest BCUT2D eigenvalue weighted by molar-refractivity contribution is 5.95. The molecule has 3 rings (SSSR count). The number of rotatable bonds is 7. The summed E-state index contributed by atoms with van der Waals surface area (Å²) in [6, 6.07) is 18.4. The van der Waals surface area contributed by atoms with Gasteiger partial charge < -0.3 is 14.5 Å². The molecule has 0 saturated heterocycles. The molecule has 1 N–H and O–H groups in total. The van der Waals surface area contributed by atoms with Gasteiger partial charge in [-0.25, -0.2) is 0 Å². The normalized spacial score (nSPS) is 10.4. The van der Waals surface area contributed by atoms with E-state index < -0.39 is 0 Å². The van der Waals surface area contributed by atoms with Gasteiger partial charge in [-0.3, -0.25) is 9.59 Å². The van der Waals surface area contributed by atoms with Gasteiger partial charge in [0.25, 0.3) is 0 Å². The van der Waals surface area contributed by atoms with Crippen molar-refractivity contribution in [2.24, 2.45) is 0 Å². The molecule has 138 valence electrons. The lowest BCUT2D eigenvalue weighted by Crippen LogP contribution is -2.12. The summed E-state index contributed by atoms with van der Waals surface area (Å²) in [6.45, 7) is 3.25. The second-order valence-corrected chi connectivity index (χ2v) is 6.23. The molecule has 1 amide bonds. The van der Waals surface area contributed by atoms with Gasteiger partial charge in [0.2, 0.25) is 5.91 Å². The second kappa shape index (κ2) is 8.36. The molecule has 0 saturated carbocycles. The van der Waals surface area contributed by atoms with Crippen LogP contribution in [0, 0.1) is 6.92 Å². The quantitative estimate of drug-likeness (QED) is 0.589. The monoisotopic (exact) mass is 363 g/mol. The van der Waals surface area contributed by atoms with Crippen molar-refractivity contribution in [2.45, 2.75) is 26.7 Å². The van der Waals surface area contributed by atoms with Crippen molar-refractivity contribution in [1.29, 1.82) is 0 Å². The van der Waals surface area contributed by atoms with Crippen LogP contribution in [0.3, 0.4) is 0 Å². The number of Topliss-reactive ketones (excluding diaryl/α,β-unsaturated/α-hetero) is 1. The van der Waals surface area contributed by atoms with E-state index in [-0.39, 0.29) is 18.1 Å². The van der Waals surface area contributed by atoms with Crippen LogP contribution in [0.5, 0.6) is 11.5 Å². The van der Waals surface area contributed by atoms with Crippen LogP contribution in [0.4, 0.5) is 5.69 Å². The van der Waals surface area contributed by atoms with Crippen molar-refractivity contribution in [2.75, 3.05) is 5.32 Å². The summed E-state index contributed by atoms with van der Waals surface area (Å²) in [5.41, 5.74) is 1.26. The Bertz CT molecular complexity index is 927. The molecule has 5 heteroatoms. The summed E-state index contributed by atoms with van der Waals surface area (Å²) >= 11 is 0. The van der Waals surface area contributed by atoms with E-state index in [1.54, 1.807) is 37.3 Å². The van der Waals surface area contributed by atoms with E-state index in [4.69, 9.17) is 9.15 Å². The highest BCUT2D eigenvalue weighted by atomic mass is 16.5. The number of furan rings is 1. The molecular formula is C22H21NO4. The molecule has 0 fully saturated rings. The third-order valence-corrected chi connectivity index (χ3v) is 4.06. The van der Waals surface area contributed by atoms with Gasteiger partial charge in [0.1, 0.15) is 23.0 Å². The zero-order valence-electron chi connectivity index (χ0n) is 15.3. The predicted octanol–water partition coefficient (Wildman–Crippen LogP) is 5.15. The van der Waals surface area contributed by atoms with E-state index in [2.05, 4.69) is 5.32 Å². The number of amides is 1. The highest BCUT2D eigenvalue weighted by Crippen LogP contribution is 2.23. The molecule has 0 atom stereocenters. The van der Waals surface area contributed by atoms with Crippen molar-refractivity contribution in [1.82, 2.24) is 0 Å². The molecule has 1 heterocycles. The van der Waals surface area contributed by atoms with E-state index in [1.165, 1.54) is 6.92 Å². The third-order valence-electron chi connectivity index (χ3n) is 4.06. The lowest BCUT2D eigenvalue weighted by atomic mass is 10.1. The fraction of sp³-hybridized carbons (Fsp3) is 0.182. The molecule has 0 bridgehead atoms. The molecule has 0 radical (unpaired) electrons. The van der Waals surface area contributed by atoms with E-state index in [0.29, 0.717) is 34.9 Å². The Balaban J connectivity index is 1.52. The SMILES string of the molecule is CC(=O)c1cc(CCC(=O)Nc2ccc(Oc3ccccc3)cc2)oc1C. The van der Waals surface area contributed by atoms with Crippen LogP contribution in [0.2, 0.25) is 0 Å². The first-order valence-corrected chi connectivity index (χ1v) is 8.74. The summed E-state index contributed by atoms with van der Waals surface area (Å²) < 4.78 is 11.3. The number of hydrogen-bond donors (Lipinski definition) is 1. The molecule has 5 nitrogen and oxygen atoms in total. The maximum Gasteiger partial charge on any atom is 0.224 e. The minimum Gasteiger partial charge on any atom is -0.466 e. The Morgan fingerprint density at radius 2 is 1.67 bits per heavy atom. The predicted molar refractivity (Wildman–Crippen MR) is 103 cm³/mol. The fourth-order valence-electron chi connectivity index (χ4n) is 2.71. The maximum absolute atomic E-state index is 12.1. The third kappa shape index (κ3) is 5.07. The number of hydrogen-bond acceptors (Lipinski definition) is 4. The van der Waals surface area contributed by atoms with E-state index in [9.17, 15) is 9.59 Å². The van der Waals surface area contributed by atoms with Crippen LogP contribution < -0.4 is 10.1 Å². The number of ether oxygens (including phenoxy) is 1. The maximum atomic E-state index is 12.1. The summed E-state index contributed by atoms with van der Waals surface area (Å²) in [6.07, 6.45) is 0.710.